The molecule has 108 valence electrons. The van der Waals surface area contributed by atoms with Crippen molar-refractivity contribution in [3.63, 3.8) is 0 Å². The van der Waals surface area contributed by atoms with Crippen LogP contribution >= 0.6 is 23.4 Å². The van der Waals surface area contributed by atoms with Crippen molar-refractivity contribution in [1.29, 1.82) is 0 Å². The Morgan fingerprint density at radius 3 is 2.75 bits per heavy atom. The molecule has 0 N–H and O–H groups in total. The van der Waals surface area contributed by atoms with Gasteiger partial charge in [0, 0.05) is 11.3 Å². The van der Waals surface area contributed by atoms with Crippen LogP contribution in [-0.4, -0.2) is 20.6 Å². The third-order valence-corrected chi connectivity index (χ3v) is 6.11. The lowest BCUT2D eigenvalue weighted by atomic mass is 9.84. The highest BCUT2D eigenvalue weighted by Gasteiger charge is 2.37. The molecule has 1 aliphatic carbocycles. The molecule has 1 aromatic heterocycles. The van der Waals surface area contributed by atoms with E-state index in [0.717, 1.165) is 17.9 Å². The number of alkyl halides is 1. The first kappa shape index (κ1) is 14.3. The molecule has 1 heterocycles. The van der Waals surface area contributed by atoms with Crippen LogP contribution in [0.1, 0.15) is 43.0 Å². The van der Waals surface area contributed by atoms with Gasteiger partial charge in [-0.25, -0.2) is 4.98 Å². The Labute approximate surface area is 129 Å². The van der Waals surface area contributed by atoms with Crippen LogP contribution in [0.4, 0.5) is 0 Å². The fourth-order valence-electron chi connectivity index (χ4n) is 3.06. The normalized spacial score (nSPS) is 19.0. The maximum absolute atomic E-state index is 6.38. The lowest BCUT2D eigenvalue weighted by Gasteiger charge is -2.41. The lowest BCUT2D eigenvalue weighted by Crippen LogP contribution is -2.38. The van der Waals surface area contributed by atoms with Gasteiger partial charge in [-0.3, -0.25) is 0 Å². The van der Waals surface area contributed by atoms with Crippen molar-refractivity contribution < 1.29 is 0 Å². The first-order valence-corrected chi connectivity index (χ1v) is 8.87. The van der Waals surface area contributed by atoms with Crippen molar-refractivity contribution in [2.45, 2.75) is 49.8 Å². The van der Waals surface area contributed by atoms with Crippen molar-refractivity contribution >= 4 is 34.4 Å². The number of hydrogen-bond donors (Lipinski definition) is 0. The predicted octanol–water partition coefficient (Wildman–Crippen LogP) is 4.93. The van der Waals surface area contributed by atoms with Crippen molar-refractivity contribution in [3.05, 3.63) is 29.6 Å². The van der Waals surface area contributed by atoms with Gasteiger partial charge in [-0.1, -0.05) is 18.6 Å². The monoisotopic (exact) mass is 308 g/mol. The molecule has 0 saturated heterocycles. The van der Waals surface area contributed by atoms with E-state index < -0.39 is 0 Å². The van der Waals surface area contributed by atoms with E-state index in [2.05, 4.69) is 35.9 Å². The zero-order chi connectivity index (χ0) is 14.3. The fourth-order valence-corrected chi connectivity index (χ4v) is 4.18. The van der Waals surface area contributed by atoms with Crippen LogP contribution in [0.3, 0.4) is 0 Å². The van der Waals surface area contributed by atoms with Crippen molar-refractivity contribution in [2.24, 2.45) is 0 Å². The minimum absolute atomic E-state index is 0.0548. The molecule has 1 aliphatic rings. The van der Waals surface area contributed by atoms with Gasteiger partial charge in [0.1, 0.15) is 5.82 Å². The predicted molar refractivity (Wildman–Crippen MR) is 88.8 cm³/mol. The fraction of sp³-hybridized carbons (Fsp3) is 0.562. The molecule has 3 rings (SSSR count). The Bertz CT molecular complexity index is 623. The number of aromatic nitrogens is 2. The molecule has 1 saturated carbocycles. The Morgan fingerprint density at radius 2 is 2.20 bits per heavy atom. The molecule has 1 fully saturated rings. The van der Waals surface area contributed by atoms with Crippen LogP contribution in [0.5, 0.6) is 0 Å². The SMILES string of the molecule is CSC1(Cn2c(C(C)Cl)nc3c(C)cccc32)CCC1. The molecule has 0 aliphatic heterocycles. The molecule has 0 bridgehead atoms. The van der Waals surface area contributed by atoms with Crippen LogP contribution in [0.2, 0.25) is 0 Å². The quantitative estimate of drug-likeness (QED) is 0.745. The molecule has 4 heteroatoms. The van der Waals surface area contributed by atoms with Gasteiger partial charge >= 0.3 is 0 Å². The number of nitrogens with zero attached hydrogens (tertiary/aromatic N) is 2. The van der Waals surface area contributed by atoms with Crippen molar-refractivity contribution in [2.75, 3.05) is 6.26 Å². The summed E-state index contributed by atoms with van der Waals surface area (Å²) in [5, 5.41) is -0.0548. The number of rotatable bonds is 4. The summed E-state index contributed by atoms with van der Waals surface area (Å²) in [6.45, 7) is 5.16. The van der Waals surface area contributed by atoms with E-state index in [-0.39, 0.29) is 5.38 Å². The second-order valence-electron chi connectivity index (χ2n) is 5.86. The van der Waals surface area contributed by atoms with Gasteiger partial charge < -0.3 is 4.57 Å². The van der Waals surface area contributed by atoms with Crippen LogP contribution < -0.4 is 0 Å². The highest BCUT2D eigenvalue weighted by atomic mass is 35.5. The summed E-state index contributed by atoms with van der Waals surface area (Å²) in [6.07, 6.45) is 6.18. The average molecular weight is 309 g/mol. The third kappa shape index (κ3) is 2.25. The number of halogens is 1. The molecule has 1 unspecified atom stereocenters. The minimum Gasteiger partial charge on any atom is -0.325 e. The number of thioether (sulfide) groups is 1. The van der Waals surface area contributed by atoms with Gasteiger partial charge in [0.05, 0.1) is 16.4 Å². The van der Waals surface area contributed by atoms with Gasteiger partial charge in [-0.2, -0.15) is 11.8 Å². The van der Waals surface area contributed by atoms with E-state index in [1.54, 1.807) is 0 Å². The topological polar surface area (TPSA) is 17.8 Å². The molecule has 0 radical (unpaired) electrons. The first-order chi connectivity index (χ1) is 9.56. The van der Waals surface area contributed by atoms with E-state index in [0.29, 0.717) is 4.75 Å². The Morgan fingerprint density at radius 1 is 1.45 bits per heavy atom. The number of benzene rings is 1. The number of fused-ring (bicyclic) bond motifs is 1. The lowest BCUT2D eigenvalue weighted by molar-refractivity contribution is 0.321. The van der Waals surface area contributed by atoms with Gasteiger partial charge in [0.15, 0.2) is 0 Å². The highest BCUT2D eigenvalue weighted by molar-refractivity contribution is 8.00. The molecule has 0 amide bonds. The molecular formula is C16H21ClN2S. The van der Waals surface area contributed by atoms with E-state index in [4.69, 9.17) is 16.6 Å². The van der Waals surface area contributed by atoms with E-state index in [1.165, 1.54) is 30.3 Å². The summed E-state index contributed by atoms with van der Waals surface area (Å²) in [6, 6.07) is 6.41. The van der Waals surface area contributed by atoms with Crippen LogP contribution in [-0.2, 0) is 6.54 Å². The molecule has 20 heavy (non-hydrogen) atoms. The maximum atomic E-state index is 6.38. The summed E-state index contributed by atoms with van der Waals surface area (Å²) in [7, 11) is 0. The average Bonchev–Trinajstić information content (AvgIpc) is 2.74. The van der Waals surface area contributed by atoms with Crippen LogP contribution in [0, 0.1) is 6.92 Å². The number of para-hydroxylation sites is 1. The second-order valence-corrected chi connectivity index (χ2v) is 7.78. The molecule has 2 aromatic rings. The molecular weight excluding hydrogens is 288 g/mol. The second kappa shape index (κ2) is 5.27. The summed E-state index contributed by atoms with van der Waals surface area (Å²) in [5.41, 5.74) is 3.56. The summed E-state index contributed by atoms with van der Waals surface area (Å²) in [5.74, 6) is 1.01. The number of aryl methyl sites for hydroxylation is 1. The Kier molecular flexibility index (Phi) is 3.76. The minimum atomic E-state index is -0.0548. The van der Waals surface area contributed by atoms with Gasteiger partial charge in [0.25, 0.3) is 0 Å². The van der Waals surface area contributed by atoms with Crippen molar-refractivity contribution in [3.8, 4) is 0 Å². The zero-order valence-electron chi connectivity index (χ0n) is 12.3. The van der Waals surface area contributed by atoms with Crippen LogP contribution in [0.25, 0.3) is 11.0 Å². The smallest absolute Gasteiger partial charge is 0.127 e. The van der Waals surface area contributed by atoms with E-state index >= 15 is 0 Å². The Hall–Kier alpha value is -0.670. The summed E-state index contributed by atoms with van der Waals surface area (Å²) >= 11 is 8.37. The van der Waals surface area contributed by atoms with Gasteiger partial charge in [-0.15, -0.1) is 11.6 Å². The maximum Gasteiger partial charge on any atom is 0.127 e. The highest BCUT2D eigenvalue weighted by Crippen LogP contribution is 2.45. The Balaban J connectivity index is 2.12. The first-order valence-electron chi connectivity index (χ1n) is 7.21. The molecule has 1 aromatic carbocycles. The third-order valence-electron chi connectivity index (χ3n) is 4.51. The molecule has 2 nitrogen and oxygen atoms in total. The van der Waals surface area contributed by atoms with Gasteiger partial charge in [0.2, 0.25) is 0 Å². The summed E-state index contributed by atoms with van der Waals surface area (Å²) in [4.78, 5) is 4.81. The largest absolute Gasteiger partial charge is 0.325 e. The van der Waals surface area contributed by atoms with Crippen LogP contribution in [0.15, 0.2) is 18.2 Å². The van der Waals surface area contributed by atoms with E-state index in [9.17, 15) is 0 Å². The number of hydrogen-bond acceptors (Lipinski definition) is 2. The van der Waals surface area contributed by atoms with Crippen molar-refractivity contribution in [1.82, 2.24) is 9.55 Å². The molecule has 0 spiro atoms. The summed E-state index contributed by atoms with van der Waals surface area (Å²) < 4.78 is 2.74. The standard InChI is InChI=1S/C16H21ClN2S/c1-11-6-4-7-13-14(11)18-15(12(2)17)19(13)10-16(20-3)8-5-9-16/h4,6-7,12H,5,8-10H2,1-3H3. The van der Waals surface area contributed by atoms with E-state index in [1.807, 2.05) is 18.7 Å². The molecule has 1 atom stereocenters. The number of imidazole rings is 1. The van der Waals surface area contributed by atoms with Gasteiger partial charge in [-0.05, 0) is 44.6 Å². The zero-order valence-corrected chi connectivity index (χ0v) is 13.9.